The van der Waals surface area contributed by atoms with E-state index in [0.29, 0.717) is 18.9 Å². The van der Waals surface area contributed by atoms with Crippen LogP contribution in [0.2, 0.25) is 0 Å². The fraction of sp³-hybridized carbons (Fsp3) is 0.667. The first-order valence-corrected chi connectivity index (χ1v) is 5.31. The third kappa shape index (κ3) is 3.29. The van der Waals surface area contributed by atoms with E-state index >= 15 is 0 Å². The molecule has 80 valence electrons. The Morgan fingerprint density at radius 2 is 2.27 bits per heavy atom. The zero-order chi connectivity index (χ0) is 11.3. The van der Waals surface area contributed by atoms with E-state index in [9.17, 15) is 4.79 Å². The number of nitriles is 1. The Morgan fingerprint density at radius 1 is 1.60 bits per heavy atom. The Bertz CT molecular complexity index is 328. The summed E-state index contributed by atoms with van der Waals surface area (Å²) < 4.78 is 0. The van der Waals surface area contributed by atoms with Gasteiger partial charge >= 0.3 is 0 Å². The van der Waals surface area contributed by atoms with Crippen LogP contribution in [0.25, 0.3) is 0 Å². The van der Waals surface area contributed by atoms with Crippen LogP contribution in [0.4, 0.5) is 0 Å². The van der Waals surface area contributed by atoms with E-state index in [1.807, 2.05) is 6.92 Å². The van der Waals surface area contributed by atoms with Gasteiger partial charge in [0.05, 0.1) is 12.5 Å². The summed E-state index contributed by atoms with van der Waals surface area (Å²) in [6.45, 7) is 4.20. The minimum atomic E-state index is -0.146. The first-order chi connectivity index (χ1) is 7.20. The summed E-state index contributed by atoms with van der Waals surface area (Å²) in [6.07, 6.45) is 2.77. The van der Waals surface area contributed by atoms with Gasteiger partial charge in [-0.1, -0.05) is 5.92 Å². The van der Waals surface area contributed by atoms with Crippen LogP contribution in [-0.2, 0) is 4.79 Å². The van der Waals surface area contributed by atoms with Crippen molar-refractivity contribution in [1.82, 2.24) is 4.90 Å². The third-order valence-electron chi connectivity index (χ3n) is 2.75. The quantitative estimate of drug-likeness (QED) is 0.652. The van der Waals surface area contributed by atoms with Crippen LogP contribution in [0.5, 0.6) is 0 Å². The third-order valence-corrected chi connectivity index (χ3v) is 2.75. The fourth-order valence-electron chi connectivity index (χ4n) is 1.67. The van der Waals surface area contributed by atoms with Crippen LogP contribution in [0.1, 0.15) is 33.1 Å². The first kappa shape index (κ1) is 11.6. The lowest BCUT2D eigenvalue weighted by Gasteiger charge is -2.26. The molecule has 1 aliphatic rings. The molecule has 1 amide bonds. The van der Waals surface area contributed by atoms with E-state index in [4.69, 9.17) is 5.26 Å². The Kier molecular flexibility index (Phi) is 4.18. The number of carbonyl (C=O) groups excluding carboxylic acids is 1. The lowest BCUT2D eigenvalue weighted by molar-refractivity contribution is -0.127. The van der Waals surface area contributed by atoms with Crippen molar-refractivity contribution in [2.75, 3.05) is 6.54 Å². The molecule has 3 nitrogen and oxygen atoms in total. The molecule has 1 unspecified atom stereocenters. The van der Waals surface area contributed by atoms with Gasteiger partial charge in [0.15, 0.2) is 0 Å². The average molecular weight is 204 g/mol. The zero-order valence-corrected chi connectivity index (χ0v) is 9.29. The first-order valence-electron chi connectivity index (χ1n) is 5.31. The summed E-state index contributed by atoms with van der Waals surface area (Å²) in [5.41, 5.74) is 0. The van der Waals surface area contributed by atoms with Crippen LogP contribution in [0.15, 0.2) is 0 Å². The van der Waals surface area contributed by atoms with E-state index < -0.39 is 0 Å². The molecule has 1 atom stereocenters. The number of amides is 1. The summed E-state index contributed by atoms with van der Waals surface area (Å²) in [5, 5.41) is 8.54. The monoisotopic (exact) mass is 204 g/mol. The van der Waals surface area contributed by atoms with Gasteiger partial charge < -0.3 is 4.90 Å². The smallest absolute Gasteiger partial charge is 0.298 e. The summed E-state index contributed by atoms with van der Waals surface area (Å²) >= 11 is 0. The van der Waals surface area contributed by atoms with Gasteiger partial charge in [-0.25, -0.2) is 0 Å². The molecule has 0 aliphatic heterocycles. The molecule has 1 rings (SSSR count). The predicted octanol–water partition coefficient (Wildman–Crippen LogP) is 1.55. The van der Waals surface area contributed by atoms with E-state index in [2.05, 4.69) is 17.9 Å². The standard InChI is InChI=1S/C12H16N2O/c1-3-5-12(15)14(9-4-8-13)10(2)11-6-7-11/h10-11H,4,6-7,9H2,1-2H3. The highest BCUT2D eigenvalue weighted by molar-refractivity contribution is 5.93. The molecule has 0 radical (unpaired) electrons. The number of carbonyl (C=O) groups is 1. The summed E-state index contributed by atoms with van der Waals surface area (Å²) in [7, 11) is 0. The van der Waals surface area contributed by atoms with Gasteiger partial charge in [-0.15, -0.1) is 0 Å². The van der Waals surface area contributed by atoms with Crippen molar-refractivity contribution in [2.45, 2.75) is 39.2 Å². The van der Waals surface area contributed by atoms with E-state index in [-0.39, 0.29) is 11.9 Å². The van der Waals surface area contributed by atoms with E-state index in [1.54, 1.807) is 11.8 Å². The Morgan fingerprint density at radius 3 is 2.73 bits per heavy atom. The van der Waals surface area contributed by atoms with Crippen LogP contribution in [-0.4, -0.2) is 23.4 Å². The SMILES string of the molecule is CC#CC(=O)N(CCC#N)C(C)C1CC1. The average Bonchev–Trinajstić information content (AvgIpc) is 3.01. The molecule has 0 spiro atoms. The predicted molar refractivity (Wildman–Crippen MR) is 57.6 cm³/mol. The van der Waals surface area contributed by atoms with Crippen molar-refractivity contribution >= 4 is 5.91 Å². The summed E-state index contributed by atoms with van der Waals surface area (Å²) in [6, 6.07) is 2.30. The largest absolute Gasteiger partial charge is 0.328 e. The lowest BCUT2D eigenvalue weighted by Crippen LogP contribution is -2.39. The fourth-order valence-corrected chi connectivity index (χ4v) is 1.67. The second-order valence-electron chi connectivity index (χ2n) is 3.86. The van der Waals surface area contributed by atoms with E-state index in [0.717, 1.165) is 0 Å². The maximum absolute atomic E-state index is 11.7. The molecular weight excluding hydrogens is 188 g/mol. The minimum Gasteiger partial charge on any atom is -0.328 e. The van der Waals surface area contributed by atoms with E-state index in [1.165, 1.54) is 12.8 Å². The van der Waals surface area contributed by atoms with Gasteiger partial charge in [-0.05, 0) is 38.5 Å². The topological polar surface area (TPSA) is 44.1 Å². The van der Waals surface area contributed by atoms with Gasteiger partial charge in [-0.3, -0.25) is 4.79 Å². The lowest BCUT2D eigenvalue weighted by atomic mass is 10.1. The summed E-state index contributed by atoms with van der Waals surface area (Å²) in [5.74, 6) is 5.63. The van der Waals surface area contributed by atoms with Crippen molar-refractivity contribution in [3.05, 3.63) is 0 Å². The van der Waals surface area contributed by atoms with Gasteiger partial charge in [0.1, 0.15) is 0 Å². The molecule has 0 N–H and O–H groups in total. The second kappa shape index (κ2) is 5.41. The van der Waals surface area contributed by atoms with Gasteiger partial charge in [-0.2, -0.15) is 5.26 Å². The molecule has 0 aromatic heterocycles. The highest BCUT2D eigenvalue weighted by Crippen LogP contribution is 2.35. The molecule has 0 saturated heterocycles. The Labute approximate surface area is 91.1 Å². The Hall–Kier alpha value is -1.48. The van der Waals surface area contributed by atoms with Gasteiger partial charge in [0.2, 0.25) is 0 Å². The number of rotatable bonds is 4. The maximum atomic E-state index is 11.7. The molecule has 0 bridgehead atoms. The van der Waals surface area contributed by atoms with Crippen LogP contribution in [0, 0.1) is 29.1 Å². The van der Waals surface area contributed by atoms with Crippen LogP contribution < -0.4 is 0 Å². The van der Waals surface area contributed by atoms with Crippen molar-refractivity contribution in [3.63, 3.8) is 0 Å². The van der Waals surface area contributed by atoms with Crippen molar-refractivity contribution in [2.24, 2.45) is 5.92 Å². The molecule has 15 heavy (non-hydrogen) atoms. The highest BCUT2D eigenvalue weighted by Gasteiger charge is 2.33. The molecule has 1 aliphatic carbocycles. The highest BCUT2D eigenvalue weighted by atomic mass is 16.2. The Balaban J connectivity index is 2.61. The summed E-state index contributed by atoms with van der Waals surface area (Å²) in [4.78, 5) is 13.4. The number of nitrogens with zero attached hydrogens (tertiary/aromatic N) is 2. The molecule has 1 fully saturated rings. The zero-order valence-electron chi connectivity index (χ0n) is 9.29. The number of hydrogen-bond acceptors (Lipinski definition) is 2. The molecule has 0 aromatic carbocycles. The van der Waals surface area contributed by atoms with Crippen LogP contribution in [0.3, 0.4) is 0 Å². The van der Waals surface area contributed by atoms with Crippen molar-refractivity contribution in [3.8, 4) is 17.9 Å². The van der Waals surface area contributed by atoms with Crippen LogP contribution >= 0.6 is 0 Å². The normalized spacial score (nSPS) is 15.8. The second-order valence-corrected chi connectivity index (χ2v) is 3.86. The number of hydrogen-bond donors (Lipinski definition) is 0. The minimum absolute atomic E-state index is 0.146. The van der Waals surface area contributed by atoms with Gasteiger partial charge in [0, 0.05) is 12.6 Å². The van der Waals surface area contributed by atoms with Crippen molar-refractivity contribution in [1.29, 1.82) is 5.26 Å². The van der Waals surface area contributed by atoms with Crippen molar-refractivity contribution < 1.29 is 4.79 Å². The van der Waals surface area contributed by atoms with Gasteiger partial charge in [0.25, 0.3) is 5.91 Å². The molecule has 0 aromatic rings. The molecular formula is C12H16N2O. The maximum Gasteiger partial charge on any atom is 0.298 e. The molecule has 0 heterocycles. The molecule has 3 heteroatoms. The molecule has 1 saturated carbocycles.